The highest BCUT2D eigenvalue weighted by Gasteiger charge is 2.25. The largest absolute Gasteiger partial charge is 0.346 e. The predicted molar refractivity (Wildman–Crippen MR) is 151 cm³/mol. The summed E-state index contributed by atoms with van der Waals surface area (Å²) in [4.78, 5) is 18.9. The average molecular weight is 559 g/mol. The number of para-hydroxylation sites is 1. The standard InChI is InChI=1S/C26H18Cl3N3OS2/c27-17-8-10-18(11-9-17)34-13-12-32-15-16(19-4-1-2-7-22(19)32)14-23-25(33)31-26(35-23)30-21-6-3-5-20(28)24(21)29/h1-11,14-15H,12-13H2,(H,30,31,33)/b23-14-. The van der Waals surface area contributed by atoms with Crippen LogP contribution in [-0.4, -0.2) is 21.4 Å². The van der Waals surface area contributed by atoms with Crippen LogP contribution in [0.25, 0.3) is 17.0 Å². The number of hydrogen-bond donors (Lipinski definition) is 1. The Morgan fingerprint density at radius 2 is 1.80 bits per heavy atom. The molecule has 4 aromatic rings. The van der Waals surface area contributed by atoms with Gasteiger partial charge in [0.25, 0.3) is 5.91 Å². The van der Waals surface area contributed by atoms with E-state index < -0.39 is 0 Å². The maximum Gasteiger partial charge on any atom is 0.264 e. The highest BCUT2D eigenvalue weighted by molar-refractivity contribution is 8.18. The van der Waals surface area contributed by atoms with Crippen LogP contribution in [0.2, 0.25) is 15.1 Å². The number of amides is 1. The molecule has 0 saturated carbocycles. The molecule has 0 aliphatic carbocycles. The van der Waals surface area contributed by atoms with Gasteiger partial charge in [-0.25, -0.2) is 4.99 Å². The van der Waals surface area contributed by atoms with Crippen LogP contribution in [0.15, 0.2) is 87.7 Å². The number of nitrogens with one attached hydrogen (secondary N) is 1. The van der Waals surface area contributed by atoms with E-state index in [1.54, 1.807) is 30.0 Å². The van der Waals surface area contributed by atoms with E-state index in [0.29, 0.717) is 25.8 Å². The summed E-state index contributed by atoms with van der Waals surface area (Å²) in [6.45, 7) is 0.830. The smallest absolute Gasteiger partial charge is 0.264 e. The molecule has 1 amide bonds. The van der Waals surface area contributed by atoms with Crippen molar-refractivity contribution >= 4 is 92.1 Å². The van der Waals surface area contributed by atoms with Crippen LogP contribution in [0.4, 0.5) is 5.69 Å². The molecule has 3 aromatic carbocycles. The van der Waals surface area contributed by atoms with Gasteiger partial charge in [0.2, 0.25) is 0 Å². The van der Waals surface area contributed by atoms with Gasteiger partial charge in [-0.1, -0.05) is 59.1 Å². The van der Waals surface area contributed by atoms with Gasteiger partial charge in [0, 0.05) is 44.9 Å². The minimum atomic E-state index is -0.193. The van der Waals surface area contributed by atoms with Crippen molar-refractivity contribution in [2.45, 2.75) is 11.4 Å². The normalized spacial score (nSPS) is 15.9. The van der Waals surface area contributed by atoms with Crippen LogP contribution in [-0.2, 0) is 11.3 Å². The van der Waals surface area contributed by atoms with Crippen LogP contribution in [0.1, 0.15) is 5.56 Å². The Bertz CT molecular complexity index is 1480. The van der Waals surface area contributed by atoms with Crippen molar-refractivity contribution in [1.82, 2.24) is 9.88 Å². The second-order valence-corrected chi connectivity index (χ2v) is 11.1. The van der Waals surface area contributed by atoms with Gasteiger partial charge in [0.05, 0.1) is 20.6 Å². The summed E-state index contributed by atoms with van der Waals surface area (Å²) in [5.41, 5.74) is 2.62. The molecule has 1 aromatic heterocycles. The third-order valence-electron chi connectivity index (χ3n) is 5.32. The van der Waals surface area contributed by atoms with Crippen LogP contribution in [0, 0.1) is 0 Å². The number of aromatic nitrogens is 1. The molecule has 4 nitrogen and oxygen atoms in total. The molecule has 9 heteroatoms. The molecule has 1 aliphatic heterocycles. The zero-order valence-electron chi connectivity index (χ0n) is 18.2. The summed E-state index contributed by atoms with van der Waals surface area (Å²) in [5, 5.41) is 5.88. The molecule has 5 rings (SSSR count). The van der Waals surface area contributed by atoms with Gasteiger partial charge in [0.15, 0.2) is 5.17 Å². The monoisotopic (exact) mass is 557 g/mol. The molecule has 0 spiro atoms. The predicted octanol–water partition coefficient (Wildman–Crippen LogP) is 8.29. The van der Waals surface area contributed by atoms with Gasteiger partial charge in [0.1, 0.15) is 0 Å². The van der Waals surface area contributed by atoms with Gasteiger partial charge in [-0.3, -0.25) is 4.79 Å². The lowest BCUT2D eigenvalue weighted by atomic mass is 10.1. The number of hydrogen-bond acceptors (Lipinski definition) is 4. The van der Waals surface area contributed by atoms with Crippen molar-refractivity contribution < 1.29 is 4.79 Å². The SMILES string of the molecule is O=C1NC(=Nc2cccc(Cl)c2Cl)S/C1=C\c1cn(CCSc2ccc(Cl)cc2)c2ccccc12. The van der Waals surface area contributed by atoms with Crippen molar-refractivity contribution in [3.8, 4) is 0 Å². The molecule has 1 N–H and O–H groups in total. The molecular formula is C26H18Cl3N3OS2. The fourth-order valence-electron chi connectivity index (χ4n) is 3.68. The summed E-state index contributed by atoms with van der Waals surface area (Å²) in [5.74, 6) is 0.713. The van der Waals surface area contributed by atoms with Gasteiger partial charge in [-0.15, -0.1) is 11.8 Å². The lowest BCUT2D eigenvalue weighted by Gasteiger charge is -2.05. The van der Waals surface area contributed by atoms with E-state index in [1.807, 2.05) is 42.5 Å². The summed E-state index contributed by atoms with van der Waals surface area (Å²) >= 11 is 21.4. The van der Waals surface area contributed by atoms with Crippen LogP contribution >= 0.6 is 58.3 Å². The maximum absolute atomic E-state index is 12.7. The highest BCUT2D eigenvalue weighted by atomic mass is 35.5. The zero-order valence-corrected chi connectivity index (χ0v) is 22.1. The first kappa shape index (κ1) is 24.3. The van der Waals surface area contributed by atoms with Crippen molar-refractivity contribution in [2.75, 3.05) is 5.75 Å². The van der Waals surface area contributed by atoms with Crippen molar-refractivity contribution in [1.29, 1.82) is 0 Å². The number of thioether (sulfide) groups is 2. The molecule has 1 saturated heterocycles. The van der Waals surface area contributed by atoms with Gasteiger partial charge < -0.3 is 9.88 Å². The summed E-state index contributed by atoms with van der Waals surface area (Å²) in [6, 6.07) is 21.3. The van der Waals surface area contributed by atoms with E-state index >= 15 is 0 Å². The topological polar surface area (TPSA) is 46.4 Å². The molecule has 176 valence electrons. The minimum absolute atomic E-state index is 0.193. The molecule has 0 unspecified atom stereocenters. The number of benzene rings is 3. The first-order valence-electron chi connectivity index (χ1n) is 10.7. The second-order valence-electron chi connectivity index (χ2n) is 7.65. The van der Waals surface area contributed by atoms with Crippen molar-refractivity contribution in [2.24, 2.45) is 4.99 Å². The number of nitrogens with zero attached hydrogens (tertiary/aromatic N) is 2. The number of aliphatic imine (C=N–C) groups is 1. The molecule has 0 radical (unpaired) electrons. The fraction of sp³-hybridized carbons (Fsp3) is 0.0769. The lowest BCUT2D eigenvalue weighted by Crippen LogP contribution is -2.19. The Kier molecular flexibility index (Phi) is 7.46. The van der Waals surface area contributed by atoms with E-state index in [9.17, 15) is 4.79 Å². The van der Waals surface area contributed by atoms with Crippen LogP contribution in [0.3, 0.4) is 0 Å². The Morgan fingerprint density at radius 3 is 2.63 bits per heavy atom. The number of amidine groups is 1. The van der Waals surface area contributed by atoms with Crippen molar-refractivity contribution in [3.05, 3.63) is 98.5 Å². The molecule has 1 aliphatic rings. The van der Waals surface area contributed by atoms with Gasteiger partial charge in [-0.05, 0) is 60.3 Å². The summed E-state index contributed by atoms with van der Waals surface area (Å²) in [6.07, 6.45) is 4.00. The number of carbonyl (C=O) groups excluding carboxylic acids is 1. The highest BCUT2D eigenvalue weighted by Crippen LogP contribution is 2.35. The van der Waals surface area contributed by atoms with Crippen LogP contribution < -0.4 is 5.32 Å². The summed E-state index contributed by atoms with van der Waals surface area (Å²) in [7, 11) is 0. The number of carbonyl (C=O) groups is 1. The fourth-order valence-corrected chi connectivity index (χ4v) is 5.82. The number of fused-ring (bicyclic) bond motifs is 1. The number of rotatable bonds is 6. The first-order chi connectivity index (χ1) is 17.0. The Morgan fingerprint density at radius 1 is 1.00 bits per heavy atom. The Hall–Kier alpha value is -2.35. The molecule has 2 heterocycles. The molecule has 0 atom stereocenters. The summed E-state index contributed by atoms with van der Waals surface area (Å²) < 4.78 is 2.23. The van der Waals surface area contributed by atoms with E-state index in [1.165, 1.54) is 16.7 Å². The molecular weight excluding hydrogens is 541 g/mol. The minimum Gasteiger partial charge on any atom is -0.346 e. The van der Waals surface area contributed by atoms with Crippen LogP contribution in [0.5, 0.6) is 0 Å². The third-order valence-corrected chi connectivity index (χ3v) is 8.29. The van der Waals surface area contributed by atoms with E-state index in [4.69, 9.17) is 34.8 Å². The average Bonchev–Trinajstić information content (AvgIpc) is 3.38. The van der Waals surface area contributed by atoms with E-state index in [0.717, 1.165) is 33.8 Å². The maximum atomic E-state index is 12.7. The Labute approximate surface area is 226 Å². The number of halogens is 3. The van der Waals surface area contributed by atoms with E-state index in [-0.39, 0.29) is 5.91 Å². The zero-order chi connectivity index (χ0) is 24.4. The quantitative estimate of drug-likeness (QED) is 0.191. The number of aryl methyl sites for hydroxylation is 1. The third kappa shape index (κ3) is 5.57. The second kappa shape index (κ2) is 10.7. The first-order valence-corrected chi connectivity index (χ1v) is 13.6. The van der Waals surface area contributed by atoms with Gasteiger partial charge in [-0.2, -0.15) is 0 Å². The molecule has 0 bridgehead atoms. The molecule has 35 heavy (non-hydrogen) atoms. The lowest BCUT2D eigenvalue weighted by molar-refractivity contribution is -0.115. The van der Waals surface area contributed by atoms with E-state index in [2.05, 4.69) is 33.2 Å². The van der Waals surface area contributed by atoms with Gasteiger partial charge >= 0.3 is 0 Å². The molecule has 1 fully saturated rings. The van der Waals surface area contributed by atoms with Crippen molar-refractivity contribution in [3.63, 3.8) is 0 Å². The Balaban J connectivity index is 1.37.